The standard InChI is InChI=1S/C22H28FN3O/c1-17(2)19-6-8-21(9-7-19)24-22(27)16-26-12-10-25(11-13-26)15-18-4-3-5-20(23)14-18/h3-9,14,17H,10-13,15-16H2,1-2H3,(H,24,27). The average molecular weight is 369 g/mol. The van der Waals surface area contributed by atoms with E-state index in [1.807, 2.05) is 18.2 Å². The van der Waals surface area contributed by atoms with E-state index in [1.165, 1.54) is 11.6 Å². The highest BCUT2D eigenvalue weighted by Crippen LogP contribution is 2.17. The van der Waals surface area contributed by atoms with Crippen LogP contribution in [0.15, 0.2) is 48.5 Å². The van der Waals surface area contributed by atoms with Gasteiger partial charge in [0.25, 0.3) is 0 Å². The van der Waals surface area contributed by atoms with Gasteiger partial charge in [0.1, 0.15) is 5.82 Å². The van der Waals surface area contributed by atoms with Crippen molar-refractivity contribution in [2.45, 2.75) is 26.3 Å². The number of anilines is 1. The molecule has 0 atom stereocenters. The van der Waals surface area contributed by atoms with Gasteiger partial charge in [0.2, 0.25) is 5.91 Å². The van der Waals surface area contributed by atoms with E-state index in [0.29, 0.717) is 12.5 Å². The molecular weight excluding hydrogens is 341 g/mol. The number of piperazine rings is 1. The summed E-state index contributed by atoms with van der Waals surface area (Å²) >= 11 is 0. The lowest BCUT2D eigenvalue weighted by molar-refractivity contribution is -0.117. The van der Waals surface area contributed by atoms with Gasteiger partial charge in [-0.1, -0.05) is 38.1 Å². The number of halogens is 1. The fraction of sp³-hybridized carbons (Fsp3) is 0.409. The second-order valence-corrected chi connectivity index (χ2v) is 7.51. The van der Waals surface area contributed by atoms with Crippen LogP contribution in [0, 0.1) is 5.82 Å². The molecule has 27 heavy (non-hydrogen) atoms. The van der Waals surface area contributed by atoms with Gasteiger partial charge < -0.3 is 5.32 Å². The minimum atomic E-state index is -0.191. The maximum atomic E-state index is 13.3. The average Bonchev–Trinajstić information content (AvgIpc) is 2.64. The van der Waals surface area contributed by atoms with E-state index in [0.717, 1.165) is 44.0 Å². The largest absolute Gasteiger partial charge is 0.325 e. The molecule has 0 aliphatic carbocycles. The highest BCUT2D eigenvalue weighted by atomic mass is 19.1. The summed E-state index contributed by atoms with van der Waals surface area (Å²) in [5.74, 6) is 0.313. The summed E-state index contributed by atoms with van der Waals surface area (Å²) in [6.07, 6.45) is 0. The van der Waals surface area contributed by atoms with Crippen molar-refractivity contribution in [3.63, 3.8) is 0 Å². The molecule has 0 unspecified atom stereocenters. The first-order chi connectivity index (χ1) is 13.0. The van der Waals surface area contributed by atoms with Gasteiger partial charge in [-0.25, -0.2) is 4.39 Å². The molecule has 5 heteroatoms. The van der Waals surface area contributed by atoms with E-state index in [-0.39, 0.29) is 11.7 Å². The fourth-order valence-corrected chi connectivity index (χ4v) is 3.35. The maximum absolute atomic E-state index is 13.3. The van der Waals surface area contributed by atoms with Crippen molar-refractivity contribution in [3.8, 4) is 0 Å². The molecule has 2 aromatic carbocycles. The van der Waals surface area contributed by atoms with Gasteiger partial charge in [-0.15, -0.1) is 0 Å². The van der Waals surface area contributed by atoms with Gasteiger partial charge in [-0.05, 0) is 41.3 Å². The molecule has 0 aromatic heterocycles. The predicted octanol–water partition coefficient (Wildman–Crippen LogP) is 3.71. The highest BCUT2D eigenvalue weighted by molar-refractivity contribution is 5.92. The Morgan fingerprint density at radius 1 is 1.04 bits per heavy atom. The Kier molecular flexibility index (Phi) is 6.58. The molecule has 1 saturated heterocycles. The molecule has 0 spiro atoms. The van der Waals surface area contributed by atoms with E-state index >= 15 is 0 Å². The molecule has 1 heterocycles. The molecule has 1 amide bonds. The van der Waals surface area contributed by atoms with Gasteiger partial charge in [0.05, 0.1) is 6.54 Å². The van der Waals surface area contributed by atoms with Crippen LogP contribution in [0.2, 0.25) is 0 Å². The third-order valence-corrected chi connectivity index (χ3v) is 4.99. The normalized spacial score (nSPS) is 15.9. The summed E-state index contributed by atoms with van der Waals surface area (Å²) in [5, 5.41) is 2.98. The summed E-state index contributed by atoms with van der Waals surface area (Å²) in [7, 11) is 0. The van der Waals surface area contributed by atoms with Crippen LogP contribution < -0.4 is 5.32 Å². The van der Waals surface area contributed by atoms with Crippen LogP contribution in [0.5, 0.6) is 0 Å². The Balaban J connectivity index is 1.42. The smallest absolute Gasteiger partial charge is 0.238 e. The minimum absolute atomic E-state index is 0.0193. The van der Waals surface area contributed by atoms with Crippen LogP contribution >= 0.6 is 0 Å². The van der Waals surface area contributed by atoms with Crippen molar-refractivity contribution in [2.75, 3.05) is 38.0 Å². The van der Waals surface area contributed by atoms with E-state index in [9.17, 15) is 9.18 Å². The van der Waals surface area contributed by atoms with E-state index in [1.54, 1.807) is 12.1 Å². The summed E-state index contributed by atoms with van der Waals surface area (Å²) < 4.78 is 13.3. The number of hydrogen-bond acceptors (Lipinski definition) is 3. The molecule has 0 saturated carbocycles. The second kappa shape index (κ2) is 9.11. The van der Waals surface area contributed by atoms with Crippen molar-refractivity contribution >= 4 is 11.6 Å². The number of hydrogen-bond donors (Lipinski definition) is 1. The number of amides is 1. The lowest BCUT2D eigenvalue weighted by Crippen LogP contribution is -2.48. The Morgan fingerprint density at radius 2 is 1.70 bits per heavy atom. The molecule has 4 nitrogen and oxygen atoms in total. The first-order valence-corrected chi connectivity index (χ1v) is 9.58. The van der Waals surface area contributed by atoms with E-state index in [2.05, 4.69) is 41.1 Å². The summed E-state index contributed by atoms with van der Waals surface area (Å²) in [5.41, 5.74) is 3.10. The Bertz CT molecular complexity index is 752. The molecule has 1 aliphatic heterocycles. The van der Waals surface area contributed by atoms with Gasteiger partial charge in [0.15, 0.2) is 0 Å². The van der Waals surface area contributed by atoms with Crippen molar-refractivity contribution in [3.05, 3.63) is 65.5 Å². The van der Waals surface area contributed by atoms with Gasteiger partial charge in [-0.3, -0.25) is 14.6 Å². The zero-order valence-electron chi connectivity index (χ0n) is 16.1. The van der Waals surface area contributed by atoms with Crippen LogP contribution in [-0.2, 0) is 11.3 Å². The molecular formula is C22H28FN3O. The Labute approximate surface area is 161 Å². The van der Waals surface area contributed by atoms with Crippen LogP contribution in [0.1, 0.15) is 30.9 Å². The molecule has 0 radical (unpaired) electrons. The quantitative estimate of drug-likeness (QED) is 0.843. The van der Waals surface area contributed by atoms with Gasteiger partial charge in [-0.2, -0.15) is 0 Å². The molecule has 1 aliphatic rings. The lowest BCUT2D eigenvalue weighted by Gasteiger charge is -2.34. The number of benzene rings is 2. The number of nitrogens with one attached hydrogen (secondary N) is 1. The number of carbonyl (C=O) groups is 1. The predicted molar refractivity (Wildman–Crippen MR) is 107 cm³/mol. The third kappa shape index (κ3) is 5.88. The zero-order chi connectivity index (χ0) is 19.2. The summed E-state index contributed by atoms with van der Waals surface area (Å²) in [6.45, 7) is 8.91. The first-order valence-electron chi connectivity index (χ1n) is 9.58. The summed E-state index contributed by atoms with van der Waals surface area (Å²) in [6, 6.07) is 14.8. The minimum Gasteiger partial charge on any atom is -0.325 e. The van der Waals surface area contributed by atoms with Crippen molar-refractivity contribution in [1.82, 2.24) is 9.80 Å². The number of carbonyl (C=O) groups excluding carboxylic acids is 1. The number of nitrogens with zero attached hydrogens (tertiary/aromatic N) is 2. The lowest BCUT2D eigenvalue weighted by atomic mass is 10.0. The molecule has 1 fully saturated rings. The van der Waals surface area contributed by atoms with Crippen LogP contribution in [0.3, 0.4) is 0 Å². The highest BCUT2D eigenvalue weighted by Gasteiger charge is 2.19. The van der Waals surface area contributed by atoms with E-state index < -0.39 is 0 Å². The number of rotatable bonds is 6. The van der Waals surface area contributed by atoms with Crippen LogP contribution in [0.25, 0.3) is 0 Å². The Morgan fingerprint density at radius 3 is 2.33 bits per heavy atom. The summed E-state index contributed by atoms with van der Waals surface area (Å²) in [4.78, 5) is 16.8. The molecule has 3 rings (SSSR count). The second-order valence-electron chi connectivity index (χ2n) is 7.51. The monoisotopic (exact) mass is 369 g/mol. The van der Waals surface area contributed by atoms with Crippen molar-refractivity contribution in [2.24, 2.45) is 0 Å². The van der Waals surface area contributed by atoms with Crippen molar-refractivity contribution < 1.29 is 9.18 Å². The van der Waals surface area contributed by atoms with Crippen LogP contribution in [-0.4, -0.2) is 48.4 Å². The SMILES string of the molecule is CC(C)c1ccc(NC(=O)CN2CCN(Cc3cccc(F)c3)CC2)cc1. The molecule has 0 bridgehead atoms. The molecule has 2 aromatic rings. The zero-order valence-corrected chi connectivity index (χ0v) is 16.1. The van der Waals surface area contributed by atoms with Crippen molar-refractivity contribution in [1.29, 1.82) is 0 Å². The van der Waals surface area contributed by atoms with Gasteiger partial charge in [0, 0.05) is 38.4 Å². The maximum Gasteiger partial charge on any atom is 0.238 e. The molecule has 1 N–H and O–H groups in total. The Hall–Kier alpha value is -2.24. The van der Waals surface area contributed by atoms with Gasteiger partial charge >= 0.3 is 0 Å². The molecule has 144 valence electrons. The third-order valence-electron chi connectivity index (χ3n) is 4.99. The fourth-order valence-electron chi connectivity index (χ4n) is 3.35. The first kappa shape index (κ1) is 19.5. The van der Waals surface area contributed by atoms with Crippen LogP contribution in [0.4, 0.5) is 10.1 Å². The topological polar surface area (TPSA) is 35.6 Å². The van der Waals surface area contributed by atoms with E-state index in [4.69, 9.17) is 0 Å².